The topological polar surface area (TPSA) is 85.3 Å². The van der Waals surface area contributed by atoms with Crippen molar-refractivity contribution in [1.82, 2.24) is 24.1 Å². The summed E-state index contributed by atoms with van der Waals surface area (Å²) in [4.78, 5) is 10.4. The van der Waals surface area contributed by atoms with Gasteiger partial charge in [-0.1, -0.05) is 195 Å². The first-order valence-electron chi connectivity index (χ1n) is 18.0. The van der Waals surface area contributed by atoms with E-state index in [1.807, 2.05) is 61.1 Å². The van der Waals surface area contributed by atoms with Gasteiger partial charge in [0, 0.05) is 53.2 Å². The number of nitrogens with one attached hydrogen (secondary N) is 1. The average molecular weight is 1100 g/mol. The monoisotopic (exact) mass is 1090 g/mol. The summed E-state index contributed by atoms with van der Waals surface area (Å²) in [5.74, 6) is 0.612. The molecule has 8 rings (SSSR count). The van der Waals surface area contributed by atoms with Crippen molar-refractivity contribution < 1.29 is 56.6 Å². The van der Waals surface area contributed by atoms with Gasteiger partial charge < -0.3 is 32.0 Å². The SMILES string of the molecule is BrCc1ccc(CBr)cc1.BrCc1ccc(Cn2cc[n+](Cc3ccccc3)c2)cc1.C.ClCc1ccccc1.[Br-].[Na+].[OH-].c1c[nH]cn1.c1ccc(Cn2ccnc2)cc1. The number of aromatic nitrogens is 6. The second-order valence-corrected chi connectivity index (χ2v) is 14.3. The molecule has 3 aromatic heterocycles. The van der Waals surface area contributed by atoms with Crippen LogP contribution in [-0.2, 0) is 41.5 Å². The smallest absolute Gasteiger partial charge is 1.00 e. The van der Waals surface area contributed by atoms with Crippen LogP contribution in [0.15, 0.2) is 196 Å². The summed E-state index contributed by atoms with van der Waals surface area (Å²) in [6.07, 6.45) is 17.1. The fourth-order valence-corrected chi connectivity index (χ4v) is 6.34. The van der Waals surface area contributed by atoms with Crippen molar-refractivity contribution in [3.63, 3.8) is 0 Å². The Morgan fingerprint density at radius 2 is 1.00 bits per heavy atom. The van der Waals surface area contributed by atoms with Gasteiger partial charge >= 0.3 is 29.6 Å². The van der Waals surface area contributed by atoms with E-state index in [0.29, 0.717) is 5.88 Å². The van der Waals surface area contributed by atoms with Gasteiger partial charge in [0.1, 0.15) is 25.5 Å². The minimum atomic E-state index is 0. The maximum atomic E-state index is 5.53. The largest absolute Gasteiger partial charge is 1.00 e. The van der Waals surface area contributed by atoms with E-state index >= 15 is 0 Å². The summed E-state index contributed by atoms with van der Waals surface area (Å²) in [5.41, 5.74) is 9.08. The molecule has 0 spiro atoms. The standard InChI is InChI=1S/C18H18BrN2.C10H10N2.C8H8Br2.C7H7Cl.C3H4N2.CH4.BrH.Na.H2O/c19-12-16-6-8-18(9-7-16)14-21-11-10-20(15-21)13-17-4-2-1-3-5-17;1-2-4-10(5-3-1)8-12-7-6-11-9-12;9-5-7-1-2-8(6-10)4-3-7;8-6-7-4-2-1-3-5-7;1-2-5-3-4-1;;;;/h1-11,15H,12-14H2;1-7,9H,8H2;1-4H,5-6H2;1-5H,6H2;1-3H,(H,4,5);1H4;1H;;1H2/q+1;;;;;;;+1;/p-2. The molecule has 0 saturated carbocycles. The van der Waals surface area contributed by atoms with E-state index in [-0.39, 0.29) is 59.4 Å². The van der Waals surface area contributed by atoms with E-state index in [2.05, 4.69) is 186 Å². The van der Waals surface area contributed by atoms with Crippen LogP contribution in [-0.4, -0.2) is 29.6 Å². The molecule has 0 atom stereocenters. The van der Waals surface area contributed by atoms with Crippen LogP contribution in [0.4, 0.5) is 0 Å². The van der Waals surface area contributed by atoms with Gasteiger partial charge in [0.25, 0.3) is 0 Å². The molecule has 0 fully saturated rings. The minimum Gasteiger partial charge on any atom is -1.00 e. The number of rotatable bonds is 10. The molecule has 312 valence electrons. The van der Waals surface area contributed by atoms with Crippen molar-refractivity contribution in [2.75, 3.05) is 0 Å². The molecule has 8 aromatic rings. The number of halogens is 5. The predicted octanol–water partition coefficient (Wildman–Crippen LogP) is 6.48. The van der Waals surface area contributed by atoms with Gasteiger partial charge in [-0.3, -0.25) is 0 Å². The number of benzene rings is 5. The average Bonchev–Trinajstić information content (AvgIpc) is 4.10. The molecular weight excluding hydrogens is 1040 g/mol. The third kappa shape index (κ3) is 23.8. The Labute approximate surface area is 419 Å². The van der Waals surface area contributed by atoms with E-state index in [0.717, 1.165) is 35.6 Å². The number of aromatic amines is 1. The first-order chi connectivity index (χ1) is 27.6. The van der Waals surface area contributed by atoms with Crippen LogP contribution in [0, 0.1) is 0 Å². The van der Waals surface area contributed by atoms with E-state index in [4.69, 9.17) is 11.6 Å². The Morgan fingerprint density at radius 3 is 1.38 bits per heavy atom. The molecule has 5 aromatic carbocycles. The number of alkyl halides is 4. The molecule has 0 radical (unpaired) electrons. The molecule has 0 aliphatic heterocycles. The number of hydrogen-bond donors (Lipinski definition) is 1. The van der Waals surface area contributed by atoms with Crippen LogP contribution >= 0.6 is 59.4 Å². The number of nitrogens with zero attached hydrogens (tertiary/aromatic N) is 5. The number of H-pyrrole nitrogens is 1. The van der Waals surface area contributed by atoms with E-state index in [1.165, 1.54) is 38.9 Å². The molecule has 13 heteroatoms. The molecule has 3 heterocycles. The number of hydrogen-bond acceptors (Lipinski definition) is 3. The summed E-state index contributed by atoms with van der Waals surface area (Å²) in [5, 5.41) is 2.79. The number of imidazole rings is 3. The summed E-state index contributed by atoms with van der Waals surface area (Å²) < 4.78 is 6.48. The van der Waals surface area contributed by atoms with Gasteiger partial charge in [-0.25, -0.2) is 19.1 Å². The third-order valence-corrected chi connectivity index (χ3v) is 10.2. The molecule has 0 unspecified atom stereocenters. The quantitative estimate of drug-likeness (QED) is 0.0969. The summed E-state index contributed by atoms with van der Waals surface area (Å²) in [6.45, 7) is 2.72. The van der Waals surface area contributed by atoms with Crippen molar-refractivity contribution in [2.24, 2.45) is 0 Å². The zero-order chi connectivity index (χ0) is 39.5. The molecule has 0 saturated heterocycles. The van der Waals surface area contributed by atoms with Gasteiger partial charge in [0.05, 0.1) is 12.7 Å². The van der Waals surface area contributed by atoms with Gasteiger partial charge in [-0.15, -0.1) is 11.6 Å². The second-order valence-electron chi connectivity index (χ2n) is 12.4. The molecule has 7 nitrogen and oxygen atoms in total. The molecule has 2 N–H and O–H groups in total. The van der Waals surface area contributed by atoms with Crippen LogP contribution in [0.1, 0.15) is 46.4 Å². The third-order valence-electron chi connectivity index (χ3n) is 8.00. The van der Waals surface area contributed by atoms with Crippen LogP contribution in [0.5, 0.6) is 0 Å². The Morgan fingerprint density at radius 1 is 0.550 bits per heavy atom. The van der Waals surface area contributed by atoms with Gasteiger partial charge in [0.15, 0.2) is 0 Å². The van der Waals surface area contributed by atoms with Crippen molar-refractivity contribution in [3.8, 4) is 0 Å². The molecule has 0 aliphatic rings. The van der Waals surface area contributed by atoms with Crippen LogP contribution in [0.25, 0.3) is 0 Å². The molecule has 0 bridgehead atoms. The van der Waals surface area contributed by atoms with E-state index in [9.17, 15) is 0 Å². The van der Waals surface area contributed by atoms with Crippen molar-refractivity contribution >= 4 is 59.4 Å². The normalized spacial score (nSPS) is 9.27. The van der Waals surface area contributed by atoms with Crippen LogP contribution in [0.3, 0.4) is 0 Å². The van der Waals surface area contributed by atoms with Crippen LogP contribution < -0.4 is 51.1 Å². The fraction of sp³-hybridized carbons (Fsp3) is 0.170. The summed E-state index contributed by atoms with van der Waals surface area (Å²) in [7, 11) is 0. The van der Waals surface area contributed by atoms with Gasteiger partial charge in [-0.05, 0) is 38.9 Å². The molecule has 0 aliphatic carbocycles. The fourth-order valence-electron chi connectivity index (χ4n) is 5.04. The van der Waals surface area contributed by atoms with Gasteiger partial charge in [-0.2, -0.15) is 0 Å². The first kappa shape index (κ1) is 56.9. The molecular formula is C47H52Br4ClN6NaO. The van der Waals surface area contributed by atoms with Gasteiger partial charge in [0.2, 0.25) is 6.33 Å². The van der Waals surface area contributed by atoms with Crippen molar-refractivity contribution in [3.05, 3.63) is 235 Å². The van der Waals surface area contributed by atoms with Crippen molar-refractivity contribution in [1.29, 1.82) is 0 Å². The maximum Gasteiger partial charge on any atom is 1.00 e. The summed E-state index contributed by atoms with van der Waals surface area (Å²) in [6, 6.07) is 48.1. The Bertz CT molecular complexity index is 2070. The Hall–Kier alpha value is -3.10. The maximum absolute atomic E-state index is 5.53. The van der Waals surface area contributed by atoms with E-state index < -0.39 is 0 Å². The first-order valence-corrected chi connectivity index (χ1v) is 21.9. The van der Waals surface area contributed by atoms with E-state index in [1.54, 1.807) is 24.9 Å². The predicted molar refractivity (Wildman–Crippen MR) is 251 cm³/mol. The zero-order valence-electron chi connectivity index (χ0n) is 33.0. The Balaban J connectivity index is 0.000000770. The molecule has 0 amide bonds. The zero-order valence-corrected chi connectivity index (χ0v) is 42.1. The van der Waals surface area contributed by atoms with Crippen LogP contribution in [0.2, 0.25) is 0 Å². The Kier molecular flexibility index (Phi) is 33.7. The summed E-state index contributed by atoms with van der Waals surface area (Å²) >= 11 is 15.8. The molecule has 60 heavy (non-hydrogen) atoms. The van der Waals surface area contributed by atoms with Crippen molar-refractivity contribution in [2.45, 2.75) is 48.9 Å². The second kappa shape index (κ2) is 35.5. The minimum absolute atomic E-state index is 0.